The van der Waals surface area contributed by atoms with Gasteiger partial charge in [0.15, 0.2) is 5.82 Å². The lowest BCUT2D eigenvalue weighted by Gasteiger charge is -2.06. The Morgan fingerprint density at radius 1 is 1.42 bits per heavy atom. The van der Waals surface area contributed by atoms with Gasteiger partial charge in [0.05, 0.1) is 4.92 Å². The molecule has 7 heteroatoms. The van der Waals surface area contributed by atoms with Crippen molar-refractivity contribution in [3.8, 4) is 0 Å². The van der Waals surface area contributed by atoms with Gasteiger partial charge < -0.3 is 9.84 Å². The van der Waals surface area contributed by atoms with E-state index >= 15 is 0 Å². The van der Waals surface area contributed by atoms with E-state index in [4.69, 9.17) is 4.52 Å². The average Bonchev–Trinajstić information content (AvgIpc) is 2.77. The molecule has 0 atom stereocenters. The SMILES string of the molecule is Cc1ccc(NCCc2noc(C)n2)c([N+](=O)[O-])c1. The summed E-state index contributed by atoms with van der Waals surface area (Å²) in [7, 11) is 0. The minimum Gasteiger partial charge on any atom is -0.379 e. The molecule has 1 aromatic carbocycles. The second-order valence-corrected chi connectivity index (χ2v) is 4.18. The average molecular weight is 262 g/mol. The fourth-order valence-electron chi connectivity index (χ4n) is 1.69. The van der Waals surface area contributed by atoms with Gasteiger partial charge in [0, 0.05) is 26.0 Å². The van der Waals surface area contributed by atoms with Crippen molar-refractivity contribution in [3.63, 3.8) is 0 Å². The van der Waals surface area contributed by atoms with Crippen LogP contribution in [-0.4, -0.2) is 21.6 Å². The highest BCUT2D eigenvalue weighted by atomic mass is 16.6. The molecular weight excluding hydrogens is 248 g/mol. The van der Waals surface area contributed by atoms with E-state index in [9.17, 15) is 10.1 Å². The molecule has 0 amide bonds. The highest BCUT2D eigenvalue weighted by molar-refractivity contribution is 5.62. The third kappa shape index (κ3) is 3.27. The third-order valence-electron chi connectivity index (χ3n) is 2.58. The summed E-state index contributed by atoms with van der Waals surface area (Å²) in [4.78, 5) is 14.6. The first kappa shape index (κ1) is 13.0. The number of rotatable bonds is 5. The number of nitrogens with zero attached hydrogens (tertiary/aromatic N) is 3. The molecule has 1 N–H and O–H groups in total. The Labute approximate surface area is 109 Å². The van der Waals surface area contributed by atoms with Gasteiger partial charge in [-0.2, -0.15) is 4.98 Å². The summed E-state index contributed by atoms with van der Waals surface area (Å²) in [5, 5.41) is 17.7. The van der Waals surface area contributed by atoms with Gasteiger partial charge in [-0.3, -0.25) is 10.1 Å². The lowest BCUT2D eigenvalue weighted by atomic mass is 10.2. The van der Waals surface area contributed by atoms with Crippen molar-refractivity contribution >= 4 is 11.4 Å². The number of nitro benzene ring substituents is 1. The van der Waals surface area contributed by atoms with Gasteiger partial charge in [0.1, 0.15) is 5.69 Å². The Bertz CT molecular complexity index is 594. The maximum Gasteiger partial charge on any atom is 0.292 e. The molecule has 0 radical (unpaired) electrons. The van der Waals surface area contributed by atoms with Crippen molar-refractivity contribution in [1.29, 1.82) is 0 Å². The molecule has 0 saturated carbocycles. The molecule has 0 aliphatic rings. The van der Waals surface area contributed by atoms with Gasteiger partial charge in [0.25, 0.3) is 5.69 Å². The molecular formula is C12H14N4O3. The van der Waals surface area contributed by atoms with Crippen molar-refractivity contribution in [1.82, 2.24) is 10.1 Å². The molecule has 0 bridgehead atoms. The van der Waals surface area contributed by atoms with Crippen molar-refractivity contribution in [2.75, 3.05) is 11.9 Å². The van der Waals surface area contributed by atoms with Crippen molar-refractivity contribution in [2.45, 2.75) is 20.3 Å². The van der Waals surface area contributed by atoms with Crippen LogP contribution in [0.4, 0.5) is 11.4 Å². The zero-order valence-electron chi connectivity index (χ0n) is 10.7. The monoisotopic (exact) mass is 262 g/mol. The van der Waals surface area contributed by atoms with Crippen LogP contribution in [0.3, 0.4) is 0 Å². The molecule has 0 saturated heterocycles. The number of hydrogen-bond donors (Lipinski definition) is 1. The predicted octanol–water partition coefficient (Wildman–Crippen LogP) is 2.25. The number of anilines is 1. The standard InChI is InChI=1S/C12H14N4O3/c1-8-3-4-10(11(7-8)16(17)18)13-6-5-12-14-9(2)19-15-12/h3-4,7,13H,5-6H2,1-2H3. The zero-order chi connectivity index (χ0) is 13.8. The third-order valence-corrected chi connectivity index (χ3v) is 2.58. The van der Waals surface area contributed by atoms with Crippen LogP contribution in [0.15, 0.2) is 22.7 Å². The van der Waals surface area contributed by atoms with E-state index in [2.05, 4.69) is 15.5 Å². The Morgan fingerprint density at radius 3 is 2.84 bits per heavy atom. The summed E-state index contributed by atoms with van der Waals surface area (Å²) in [6.07, 6.45) is 0.544. The minimum atomic E-state index is -0.395. The van der Waals surface area contributed by atoms with E-state index < -0.39 is 4.92 Å². The maximum absolute atomic E-state index is 10.9. The smallest absolute Gasteiger partial charge is 0.292 e. The van der Waals surface area contributed by atoms with E-state index in [1.807, 2.05) is 13.0 Å². The number of aromatic nitrogens is 2. The normalized spacial score (nSPS) is 10.4. The molecule has 0 unspecified atom stereocenters. The van der Waals surface area contributed by atoms with Gasteiger partial charge in [-0.15, -0.1) is 0 Å². The summed E-state index contributed by atoms with van der Waals surface area (Å²) >= 11 is 0. The first-order chi connectivity index (χ1) is 9.06. The van der Waals surface area contributed by atoms with Crippen LogP contribution in [-0.2, 0) is 6.42 Å². The van der Waals surface area contributed by atoms with E-state index in [0.717, 1.165) is 5.56 Å². The summed E-state index contributed by atoms with van der Waals surface area (Å²) in [6.45, 7) is 4.04. The van der Waals surface area contributed by atoms with E-state index in [-0.39, 0.29) is 5.69 Å². The molecule has 0 spiro atoms. The molecule has 2 rings (SSSR count). The molecule has 7 nitrogen and oxygen atoms in total. The fourth-order valence-corrected chi connectivity index (χ4v) is 1.69. The summed E-state index contributed by atoms with van der Waals surface area (Å²) in [5.74, 6) is 1.09. The van der Waals surface area contributed by atoms with Crippen LogP contribution < -0.4 is 5.32 Å². The molecule has 0 aliphatic carbocycles. The summed E-state index contributed by atoms with van der Waals surface area (Å²) in [5.41, 5.74) is 1.42. The molecule has 19 heavy (non-hydrogen) atoms. The second kappa shape index (κ2) is 5.47. The number of nitro groups is 1. The van der Waals surface area contributed by atoms with Crippen molar-refractivity contribution < 1.29 is 9.45 Å². The number of benzene rings is 1. The van der Waals surface area contributed by atoms with Crippen LogP contribution in [0.1, 0.15) is 17.3 Å². The molecule has 0 aliphatic heterocycles. The van der Waals surface area contributed by atoms with Crippen LogP contribution in [0.25, 0.3) is 0 Å². The van der Waals surface area contributed by atoms with Gasteiger partial charge in [-0.25, -0.2) is 0 Å². The van der Waals surface area contributed by atoms with E-state index in [1.165, 1.54) is 0 Å². The molecule has 100 valence electrons. The van der Waals surface area contributed by atoms with Gasteiger partial charge in [0.2, 0.25) is 5.89 Å². The highest BCUT2D eigenvalue weighted by Gasteiger charge is 2.13. The van der Waals surface area contributed by atoms with Crippen LogP contribution in [0, 0.1) is 24.0 Å². The first-order valence-electron chi connectivity index (χ1n) is 5.84. The Balaban J connectivity index is 2.01. The lowest BCUT2D eigenvalue weighted by molar-refractivity contribution is -0.384. The van der Waals surface area contributed by atoms with Crippen molar-refractivity contribution in [3.05, 3.63) is 45.6 Å². The number of hydrogen-bond acceptors (Lipinski definition) is 6. The maximum atomic E-state index is 10.9. The largest absolute Gasteiger partial charge is 0.379 e. The lowest BCUT2D eigenvalue weighted by Crippen LogP contribution is -2.08. The Morgan fingerprint density at radius 2 is 2.21 bits per heavy atom. The quantitative estimate of drug-likeness (QED) is 0.656. The molecule has 1 aromatic heterocycles. The highest BCUT2D eigenvalue weighted by Crippen LogP contribution is 2.25. The predicted molar refractivity (Wildman–Crippen MR) is 69.1 cm³/mol. The summed E-state index contributed by atoms with van der Waals surface area (Å²) in [6, 6.07) is 5.07. The molecule has 2 aromatic rings. The zero-order valence-corrected chi connectivity index (χ0v) is 10.7. The minimum absolute atomic E-state index is 0.0734. The van der Waals surface area contributed by atoms with Gasteiger partial charge >= 0.3 is 0 Å². The topological polar surface area (TPSA) is 94.1 Å². The van der Waals surface area contributed by atoms with Crippen molar-refractivity contribution in [2.24, 2.45) is 0 Å². The molecule has 0 fully saturated rings. The molecule has 1 heterocycles. The number of nitrogens with one attached hydrogen (secondary N) is 1. The number of aryl methyl sites for hydroxylation is 2. The second-order valence-electron chi connectivity index (χ2n) is 4.18. The van der Waals surface area contributed by atoms with Crippen LogP contribution in [0.2, 0.25) is 0 Å². The van der Waals surface area contributed by atoms with Gasteiger partial charge in [-0.05, 0) is 18.6 Å². The van der Waals surface area contributed by atoms with Crippen LogP contribution in [0.5, 0.6) is 0 Å². The van der Waals surface area contributed by atoms with E-state index in [1.54, 1.807) is 19.1 Å². The van der Waals surface area contributed by atoms with E-state index in [0.29, 0.717) is 30.4 Å². The van der Waals surface area contributed by atoms with Crippen LogP contribution >= 0.6 is 0 Å². The Hall–Kier alpha value is -2.44. The Kier molecular flexibility index (Phi) is 3.74. The summed E-state index contributed by atoms with van der Waals surface area (Å²) < 4.78 is 4.85. The van der Waals surface area contributed by atoms with Gasteiger partial charge in [-0.1, -0.05) is 11.2 Å². The fraction of sp³-hybridized carbons (Fsp3) is 0.333. The first-order valence-corrected chi connectivity index (χ1v) is 5.84.